The Balaban J connectivity index is 0. The molecule has 0 aliphatic rings. The topological polar surface area (TPSA) is 43.5 Å². The van der Waals surface area contributed by atoms with Gasteiger partial charge in [0, 0.05) is 7.05 Å². The van der Waals surface area contributed by atoms with Crippen LogP contribution in [0.25, 0.3) is 0 Å². The summed E-state index contributed by atoms with van der Waals surface area (Å²) in [7, 11) is 1.40. The number of rotatable bonds is 22. The van der Waals surface area contributed by atoms with E-state index in [0.29, 0.717) is 0 Å². The summed E-state index contributed by atoms with van der Waals surface area (Å²) < 4.78 is 0. The Morgan fingerprint density at radius 1 is 0.429 bits per heavy atom. The van der Waals surface area contributed by atoms with Gasteiger partial charge in [0.1, 0.15) is 0 Å². The van der Waals surface area contributed by atoms with Gasteiger partial charge in [-0.3, -0.25) is 0 Å². The van der Waals surface area contributed by atoms with E-state index in [4.69, 9.17) is 0 Å². The molecule has 0 aliphatic carbocycles. The normalized spacial score (nSPS) is 11.6. The highest BCUT2D eigenvalue weighted by Crippen LogP contribution is 2.56. The van der Waals surface area contributed by atoms with E-state index in [1.54, 1.807) is 0 Å². The van der Waals surface area contributed by atoms with Crippen molar-refractivity contribution in [2.45, 2.75) is 136 Å². The van der Waals surface area contributed by atoms with Crippen molar-refractivity contribution >= 4 is 7.41 Å². The van der Waals surface area contributed by atoms with Gasteiger partial charge in [0.05, 0.1) is 25.9 Å². The minimum absolute atomic E-state index is 0. The van der Waals surface area contributed by atoms with E-state index in [1.165, 1.54) is 134 Å². The Morgan fingerprint density at radius 3 is 0.929 bits per heavy atom. The highest BCUT2D eigenvalue weighted by atomic mass is 31.2. The lowest BCUT2D eigenvalue weighted by molar-refractivity contribution is 0.614. The minimum atomic E-state index is -0.894. The SMILES string of the molecule is CCCCCCCC[P+](CCCCCCCC)(CCCCCCCC)NC.O. The first-order chi connectivity index (χ1) is 13.2. The van der Waals surface area contributed by atoms with Crippen molar-refractivity contribution in [2.24, 2.45) is 0 Å². The minimum Gasteiger partial charge on any atom is -0.412 e. The molecule has 172 valence electrons. The molecule has 0 rings (SSSR count). The van der Waals surface area contributed by atoms with Crippen LogP contribution >= 0.6 is 7.41 Å². The maximum atomic E-state index is 3.93. The molecule has 0 unspecified atom stereocenters. The molecule has 3 N–H and O–H groups in total. The Kier molecular flexibility index (Phi) is 25.8. The van der Waals surface area contributed by atoms with E-state index >= 15 is 0 Å². The van der Waals surface area contributed by atoms with Crippen LogP contribution in [0.15, 0.2) is 0 Å². The number of hydrogen-bond acceptors (Lipinski definition) is 1. The number of unbranched alkanes of at least 4 members (excludes halogenated alkanes) is 15. The molecule has 0 spiro atoms. The van der Waals surface area contributed by atoms with Crippen molar-refractivity contribution in [3.05, 3.63) is 0 Å². The van der Waals surface area contributed by atoms with E-state index in [-0.39, 0.29) is 5.48 Å². The summed E-state index contributed by atoms with van der Waals surface area (Å²) in [6.07, 6.45) is 30.5. The van der Waals surface area contributed by atoms with Gasteiger partial charge in [-0.25, -0.2) is 0 Å². The summed E-state index contributed by atoms with van der Waals surface area (Å²) in [6.45, 7) is 6.95. The van der Waals surface area contributed by atoms with Crippen molar-refractivity contribution in [3.8, 4) is 0 Å². The van der Waals surface area contributed by atoms with Crippen LogP contribution in [0.3, 0.4) is 0 Å². The Hall–Kier alpha value is 0.350. The van der Waals surface area contributed by atoms with E-state index < -0.39 is 7.41 Å². The number of hydrogen-bond donors (Lipinski definition) is 1. The standard InChI is InChI=1S/C25H55NP.H2O/c1-5-8-11-14-17-20-23-27(26-4,24-21-18-15-12-9-6-2)25-22-19-16-13-10-7-3;/h26H,5-25H2,1-4H3;1H2/q+1;. The fourth-order valence-electron chi connectivity index (χ4n) is 4.26. The molecular formula is C25H57NOP+. The summed E-state index contributed by atoms with van der Waals surface area (Å²) in [6, 6.07) is 0. The monoisotopic (exact) mass is 418 g/mol. The Bertz CT molecular complexity index is 245. The molecule has 2 nitrogen and oxygen atoms in total. The second-order valence-corrected chi connectivity index (χ2v) is 12.9. The van der Waals surface area contributed by atoms with Crippen molar-refractivity contribution < 1.29 is 5.48 Å². The fraction of sp³-hybridized carbons (Fsp3) is 1.00. The molecule has 28 heavy (non-hydrogen) atoms. The van der Waals surface area contributed by atoms with Gasteiger partial charge in [-0.05, 0) is 38.5 Å². The van der Waals surface area contributed by atoms with Gasteiger partial charge >= 0.3 is 0 Å². The van der Waals surface area contributed by atoms with Gasteiger partial charge in [-0.1, -0.05) is 97.8 Å². The third-order valence-electron chi connectivity index (χ3n) is 6.29. The third-order valence-corrected chi connectivity index (χ3v) is 10.8. The van der Waals surface area contributed by atoms with E-state index in [0.717, 1.165) is 0 Å². The van der Waals surface area contributed by atoms with Crippen LogP contribution in [0, 0.1) is 0 Å². The summed E-state index contributed by atoms with van der Waals surface area (Å²) >= 11 is 0. The molecule has 3 heteroatoms. The maximum absolute atomic E-state index is 3.93. The zero-order valence-electron chi connectivity index (χ0n) is 20.3. The van der Waals surface area contributed by atoms with Gasteiger partial charge < -0.3 is 5.48 Å². The molecule has 0 fully saturated rings. The average molecular weight is 419 g/mol. The molecule has 0 saturated carbocycles. The fourth-order valence-corrected chi connectivity index (χ4v) is 8.08. The van der Waals surface area contributed by atoms with Crippen molar-refractivity contribution in [1.82, 2.24) is 5.09 Å². The van der Waals surface area contributed by atoms with E-state index in [1.807, 2.05) is 0 Å². The van der Waals surface area contributed by atoms with Crippen LogP contribution in [0.4, 0.5) is 0 Å². The van der Waals surface area contributed by atoms with Crippen LogP contribution in [-0.4, -0.2) is 31.0 Å². The first kappa shape index (κ1) is 30.5. The van der Waals surface area contributed by atoms with Crippen molar-refractivity contribution in [3.63, 3.8) is 0 Å². The molecule has 0 aliphatic heterocycles. The predicted octanol–water partition coefficient (Wildman–Crippen LogP) is 8.40. The highest BCUT2D eigenvalue weighted by Gasteiger charge is 2.34. The van der Waals surface area contributed by atoms with Gasteiger partial charge in [-0.15, -0.1) is 0 Å². The molecule has 0 amide bonds. The van der Waals surface area contributed by atoms with Crippen molar-refractivity contribution in [1.29, 1.82) is 0 Å². The quantitative estimate of drug-likeness (QED) is 0.139. The van der Waals surface area contributed by atoms with Gasteiger partial charge in [0.25, 0.3) is 0 Å². The largest absolute Gasteiger partial charge is 0.412 e. The van der Waals surface area contributed by atoms with Crippen LogP contribution in [0.2, 0.25) is 0 Å². The summed E-state index contributed by atoms with van der Waals surface area (Å²) in [5.74, 6) is 0. The summed E-state index contributed by atoms with van der Waals surface area (Å²) in [5.41, 5.74) is 0. The summed E-state index contributed by atoms with van der Waals surface area (Å²) in [4.78, 5) is 0. The average Bonchev–Trinajstić information content (AvgIpc) is 2.69. The lowest BCUT2D eigenvalue weighted by Crippen LogP contribution is -2.21. The van der Waals surface area contributed by atoms with Crippen LogP contribution < -0.4 is 5.09 Å². The van der Waals surface area contributed by atoms with Gasteiger partial charge in [0.2, 0.25) is 0 Å². The van der Waals surface area contributed by atoms with Gasteiger partial charge in [0.15, 0.2) is 0 Å². The molecule has 0 aromatic carbocycles. The zero-order valence-corrected chi connectivity index (χ0v) is 21.2. The molecule has 0 heterocycles. The second kappa shape index (κ2) is 23.6. The first-order valence-electron chi connectivity index (χ1n) is 12.8. The predicted molar refractivity (Wildman–Crippen MR) is 134 cm³/mol. The molecule has 0 saturated heterocycles. The molecule has 0 atom stereocenters. The maximum Gasteiger partial charge on any atom is 0.0796 e. The second-order valence-electron chi connectivity index (χ2n) is 8.84. The smallest absolute Gasteiger partial charge is 0.0796 e. The first-order valence-corrected chi connectivity index (χ1v) is 15.1. The van der Waals surface area contributed by atoms with Crippen LogP contribution in [-0.2, 0) is 0 Å². The van der Waals surface area contributed by atoms with E-state index in [9.17, 15) is 0 Å². The highest BCUT2D eigenvalue weighted by molar-refractivity contribution is 7.73. The molecule has 0 radical (unpaired) electrons. The molecular weight excluding hydrogens is 361 g/mol. The molecule has 0 bridgehead atoms. The molecule has 0 aromatic rings. The number of nitrogens with one attached hydrogen (secondary N) is 1. The van der Waals surface area contributed by atoms with Crippen LogP contribution in [0.1, 0.15) is 136 Å². The lowest BCUT2D eigenvalue weighted by Gasteiger charge is -2.27. The Morgan fingerprint density at radius 2 is 0.679 bits per heavy atom. The van der Waals surface area contributed by atoms with Gasteiger partial charge in [-0.2, -0.15) is 5.09 Å². The lowest BCUT2D eigenvalue weighted by atomic mass is 10.1. The summed E-state index contributed by atoms with van der Waals surface area (Å²) in [5, 5.41) is 3.93. The molecule has 0 aromatic heterocycles. The van der Waals surface area contributed by atoms with E-state index in [2.05, 4.69) is 32.9 Å². The zero-order chi connectivity index (χ0) is 20.1. The Labute approximate surface area is 180 Å². The third kappa shape index (κ3) is 18.4. The van der Waals surface area contributed by atoms with Crippen molar-refractivity contribution in [2.75, 3.05) is 25.5 Å². The van der Waals surface area contributed by atoms with Crippen LogP contribution in [0.5, 0.6) is 0 Å².